The first-order valence-electron chi connectivity index (χ1n) is 8.04. The van der Waals surface area contributed by atoms with Gasteiger partial charge in [-0.3, -0.25) is 4.90 Å². The average molecular weight is 313 g/mol. The Morgan fingerprint density at radius 2 is 2.04 bits per heavy atom. The molecule has 1 aromatic heterocycles. The van der Waals surface area contributed by atoms with Crippen molar-refractivity contribution in [1.82, 2.24) is 14.9 Å². The number of aromatic amines is 1. The largest absolute Gasteiger partial charge is 0.444 e. The molecule has 1 N–H and O–H groups in total. The van der Waals surface area contributed by atoms with Crippen molar-refractivity contribution in [2.24, 2.45) is 0 Å². The second-order valence-electron chi connectivity index (χ2n) is 6.88. The summed E-state index contributed by atoms with van der Waals surface area (Å²) in [6.45, 7) is 6.39. The van der Waals surface area contributed by atoms with E-state index in [4.69, 9.17) is 4.74 Å². The Kier molecular flexibility index (Phi) is 4.11. The molecule has 122 valence electrons. The molecule has 2 heterocycles. The van der Waals surface area contributed by atoms with Crippen LogP contribution in [-0.4, -0.2) is 33.1 Å². The maximum Gasteiger partial charge on any atom is 0.410 e. The normalized spacial score (nSPS) is 18.2. The smallest absolute Gasteiger partial charge is 0.410 e. The summed E-state index contributed by atoms with van der Waals surface area (Å²) in [7, 11) is 0. The van der Waals surface area contributed by atoms with Crippen LogP contribution < -0.4 is 0 Å². The molecule has 1 aliphatic heterocycles. The number of amides is 1. The number of nitrogens with zero attached hydrogens (tertiary/aromatic N) is 2. The molecule has 1 aromatic carbocycles. The lowest BCUT2D eigenvalue weighted by Crippen LogP contribution is -2.36. The van der Waals surface area contributed by atoms with Crippen molar-refractivity contribution in [3.63, 3.8) is 0 Å². The summed E-state index contributed by atoms with van der Waals surface area (Å²) < 4.78 is 5.52. The number of carbonyl (C=O) groups excluding carboxylic acids is 1. The van der Waals surface area contributed by atoms with Gasteiger partial charge in [-0.25, -0.2) is 9.78 Å². The van der Waals surface area contributed by atoms with Gasteiger partial charge >= 0.3 is 6.09 Å². The van der Waals surface area contributed by atoms with Gasteiger partial charge in [0.25, 0.3) is 0 Å². The van der Waals surface area contributed by atoms with Crippen LogP contribution in [0.25, 0.3) is 11.4 Å². The zero-order valence-corrected chi connectivity index (χ0v) is 13.9. The predicted molar refractivity (Wildman–Crippen MR) is 88.9 cm³/mol. The lowest BCUT2D eigenvalue weighted by atomic mass is 10.1. The second-order valence-corrected chi connectivity index (χ2v) is 6.88. The highest BCUT2D eigenvalue weighted by Gasteiger charge is 2.34. The summed E-state index contributed by atoms with van der Waals surface area (Å²) in [5.74, 6) is 0.830. The number of hydrogen-bond donors (Lipinski definition) is 1. The molecular formula is C18H23N3O2. The van der Waals surface area contributed by atoms with Crippen LogP contribution >= 0.6 is 0 Å². The lowest BCUT2D eigenvalue weighted by Gasteiger charge is -2.28. The van der Waals surface area contributed by atoms with E-state index in [0.717, 1.165) is 36.5 Å². The number of H-pyrrole nitrogens is 1. The molecule has 0 saturated carbocycles. The molecule has 0 bridgehead atoms. The zero-order valence-electron chi connectivity index (χ0n) is 13.9. The third-order valence-electron chi connectivity index (χ3n) is 3.88. The van der Waals surface area contributed by atoms with Gasteiger partial charge in [-0.1, -0.05) is 30.3 Å². The van der Waals surface area contributed by atoms with Crippen molar-refractivity contribution >= 4 is 6.09 Å². The van der Waals surface area contributed by atoms with Gasteiger partial charge in [-0.05, 0) is 33.6 Å². The molecule has 0 radical (unpaired) electrons. The van der Waals surface area contributed by atoms with Crippen molar-refractivity contribution in [3.8, 4) is 11.4 Å². The summed E-state index contributed by atoms with van der Waals surface area (Å²) in [6, 6.07) is 10.00. The number of carbonyl (C=O) groups is 1. The average Bonchev–Trinajstić information content (AvgIpc) is 3.15. The fourth-order valence-electron chi connectivity index (χ4n) is 2.88. The molecule has 1 amide bonds. The van der Waals surface area contributed by atoms with E-state index in [2.05, 4.69) is 9.97 Å². The van der Waals surface area contributed by atoms with Gasteiger partial charge in [0.15, 0.2) is 0 Å². The summed E-state index contributed by atoms with van der Waals surface area (Å²) in [6.07, 6.45) is 3.48. The Hall–Kier alpha value is -2.30. The maximum atomic E-state index is 12.4. The highest BCUT2D eigenvalue weighted by molar-refractivity contribution is 5.69. The lowest BCUT2D eigenvalue weighted by molar-refractivity contribution is 0.0222. The van der Waals surface area contributed by atoms with E-state index in [1.807, 2.05) is 57.3 Å². The van der Waals surface area contributed by atoms with Gasteiger partial charge in [0.1, 0.15) is 11.4 Å². The molecule has 1 fully saturated rings. The van der Waals surface area contributed by atoms with E-state index in [1.54, 1.807) is 4.90 Å². The molecule has 1 aliphatic rings. The SMILES string of the molecule is CC(C)(C)OC(=O)N1CCC[C@H]1c1cnc(-c2ccccc2)[nH]1. The number of imidazole rings is 1. The molecule has 5 heteroatoms. The van der Waals surface area contributed by atoms with Gasteiger partial charge in [-0.15, -0.1) is 0 Å². The molecule has 1 atom stereocenters. The Bertz CT molecular complexity index is 673. The summed E-state index contributed by atoms with van der Waals surface area (Å²) in [4.78, 5) is 22.0. The predicted octanol–water partition coefficient (Wildman–Crippen LogP) is 4.15. The number of hydrogen-bond acceptors (Lipinski definition) is 3. The number of rotatable bonds is 2. The molecule has 2 aromatic rings. The topological polar surface area (TPSA) is 58.2 Å². The van der Waals surface area contributed by atoms with Gasteiger partial charge in [0.05, 0.1) is 17.9 Å². The quantitative estimate of drug-likeness (QED) is 0.906. The third kappa shape index (κ3) is 3.55. The standard InChI is InChI=1S/C18H23N3O2/c1-18(2,3)23-17(22)21-11-7-10-15(21)14-12-19-16(20-14)13-8-5-4-6-9-13/h4-6,8-9,12,15H,7,10-11H2,1-3H3,(H,19,20)/t15-/m0/s1. The van der Waals surface area contributed by atoms with E-state index in [-0.39, 0.29) is 12.1 Å². The first-order valence-corrected chi connectivity index (χ1v) is 8.04. The van der Waals surface area contributed by atoms with Crippen LogP contribution in [0.1, 0.15) is 45.3 Å². The monoisotopic (exact) mass is 313 g/mol. The van der Waals surface area contributed by atoms with Crippen molar-refractivity contribution in [2.45, 2.75) is 45.3 Å². The van der Waals surface area contributed by atoms with Crippen LogP contribution in [0.3, 0.4) is 0 Å². The third-order valence-corrected chi connectivity index (χ3v) is 3.88. The van der Waals surface area contributed by atoms with Crippen LogP contribution in [0, 0.1) is 0 Å². The molecular weight excluding hydrogens is 290 g/mol. The molecule has 0 unspecified atom stereocenters. The van der Waals surface area contributed by atoms with Crippen LogP contribution in [0.2, 0.25) is 0 Å². The molecule has 1 saturated heterocycles. The summed E-state index contributed by atoms with van der Waals surface area (Å²) in [5.41, 5.74) is 1.53. The molecule has 5 nitrogen and oxygen atoms in total. The first-order chi connectivity index (χ1) is 10.9. The van der Waals surface area contributed by atoms with Crippen LogP contribution in [0.4, 0.5) is 4.79 Å². The number of likely N-dealkylation sites (tertiary alicyclic amines) is 1. The van der Waals surface area contributed by atoms with Crippen molar-refractivity contribution in [2.75, 3.05) is 6.54 Å². The van der Waals surface area contributed by atoms with E-state index < -0.39 is 5.60 Å². The Labute approximate surface area is 136 Å². The molecule has 0 spiro atoms. The summed E-state index contributed by atoms with van der Waals surface area (Å²) >= 11 is 0. The Balaban J connectivity index is 1.78. The molecule has 3 rings (SSSR count). The maximum absolute atomic E-state index is 12.4. The van der Waals surface area contributed by atoms with Crippen molar-refractivity contribution < 1.29 is 9.53 Å². The van der Waals surface area contributed by atoms with Crippen LogP contribution in [0.15, 0.2) is 36.5 Å². The fraction of sp³-hybridized carbons (Fsp3) is 0.444. The van der Waals surface area contributed by atoms with Gasteiger partial charge in [0, 0.05) is 12.1 Å². The number of ether oxygens (including phenoxy) is 1. The van der Waals surface area contributed by atoms with Crippen molar-refractivity contribution in [1.29, 1.82) is 0 Å². The highest BCUT2D eigenvalue weighted by atomic mass is 16.6. The van der Waals surface area contributed by atoms with Gasteiger partial charge in [0.2, 0.25) is 0 Å². The highest BCUT2D eigenvalue weighted by Crippen LogP contribution is 2.33. The summed E-state index contributed by atoms with van der Waals surface area (Å²) in [5, 5.41) is 0. The van der Waals surface area contributed by atoms with Gasteiger partial charge in [-0.2, -0.15) is 0 Å². The Morgan fingerprint density at radius 1 is 1.30 bits per heavy atom. The van der Waals surface area contributed by atoms with E-state index >= 15 is 0 Å². The molecule has 0 aliphatic carbocycles. The van der Waals surface area contributed by atoms with Crippen LogP contribution in [-0.2, 0) is 4.74 Å². The zero-order chi connectivity index (χ0) is 16.4. The fourth-order valence-corrected chi connectivity index (χ4v) is 2.88. The molecule has 23 heavy (non-hydrogen) atoms. The number of nitrogens with one attached hydrogen (secondary N) is 1. The minimum atomic E-state index is -0.479. The Morgan fingerprint density at radius 3 is 2.74 bits per heavy atom. The van der Waals surface area contributed by atoms with Gasteiger partial charge < -0.3 is 9.72 Å². The van der Waals surface area contributed by atoms with E-state index in [0.29, 0.717) is 0 Å². The second kappa shape index (κ2) is 6.07. The van der Waals surface area contributed by atoms with E-state index in [1.165, 1.54) is 0 Å². The first kappa shape index (κ1) is 15.6. The number of benzene rings is 1. The minimum absolute atomic E-state index is 0.00909. The van der Waals surface area contributed by atoms with Crippen molar-refractivity contribution in [3.05, 3.63) is 42.2 Å². The van der Waals surface area contributed by atoms with E-state index in [9.17, 15) is 4.79 Å². The number of aromatic nitrogens is 2. The minimum Gasteiger partial charge on any atom is -0.444 e. The van der Waals surface area contributed by atoms with Crippen LogP contribution in [0.5, 0.6) is 0 Å².